The van der Waals surface area contributed by atoms with Gasteiger partial charge in [-0.1, -0.05) is 6.58 Å². The van der Waals surface area contributed by atoms with Gasteiger partial charge in [0.2, 0.25) is 11.9 Å². The number of aliphatic hydroxyl groups is 1. The normalized spacial score (nSPS) is 19.9. The number of hydrogen-bond donors (Lipinski definition) is 3. The largest absolute Gasteiger partial charge is 0.494 e. The third kappa shape index (κ3) is 5.02. The van der Waals surface area contributed by atoms with Crippen molar-refractivity contribution in [2.45, 2.75) is 24.6 Å². The lowest BCUT2D eigenvalue weighted by Gasteiger charge is -2.45. The summed E-state index contributed by atoms with van der Waals surface area (Å²) in [5, 5.41) is 16.8. The number of fused-ring (bicyclic) bond motifs is 1. The number of ether oxygens (including phenoxy) is 3. The van der Waals surface area contributed by atoms with Gasteiger partial charge in [0, 0.05) is 30.7 Å². The van der Waals surface area contributed by atoms with E-state index in [0.717, 1.165) is 6.07 Å². The molecule has 206 valence electrons. The molecule has 1 aromatic carbocycles. The SMILES string of the molecule is C=CC(=O)N[C@H]1COC[C@H]1Nc1ncc2cc(-c3c(F)c(OC)cc(OC)c3F)nc(N3CC(C)(O)C3)c2n1. The first-order chi connectivity index (χ1) is 18.6. The Morgan fingerprint density at radius 1 is 1.18 bits per heavy atom. The van der Waals surface area contributed by atoms with Crippen LogP contribution in [-0.4, -0.2) is 84.2 Å². The molecule has 2 aromatic heterocycles. The van der Waals surface area contributed by atoms with Gasteiger partial charge < -0.3 is 34.9 Å². The van der Waals surface area contributed by atoms with Crippen LogP contribution in [-0.2, 0) is 9.53 Å². The number of nitrogens with zero attached hydrogens (tertiary/aromatic N) is 4. The summed E-state index contributed by atoms with van der Waals surface area (Å²) in [6.45, 7) is 6.26. The fourth-order valence-corrected chi connectivity index (χ4v) is 4.72. The molecule has 2 fully saturated rings. The number of benzene rings is 1. The summed E-state index contributed by atoms with van der Waals surface area (Å²) in [6, 6.07) is 1.97. The first kappa shape index (κ1) is 26.5. The van der Waals surface area contributed by atoms with Gasteiger partial charge in [-0.05, 0) is 19.1 Å². The number of aromatic nitrogens is 3. The van der Waals surface area contributed by atoms with E-state index in [2.05, 4.69) is 32.2 Å². The van der Waals surface area contributed by atoms with Gasteiger partial charge in [-0.15, -0.1) is 0 Å². The minimum atomic E-state index is -0.953. The zero-order valence-electron chi connectivity index (χ0n) is 21.6. The van der Waals surface area contributed by atoms with E-state index in [0.29, 0.717) is 29.9 Å². The van der Waals surface area contributed by atoms with Gasteiger partial charge >= 0.3 is 0 Å². The molecule has 0 unspecified atom stereocenters. The number of anilines is 2. The van der Waals surface area contributed by atoms with Crippen molar-refractivity contribution in [3.63, 3.8) is 0 Å². The number of pyridine rings is 1. The minimum absolute atomic E-state index is 0.0167. The lowest BCUT2D eigenvalue weighted by atomic mass is 9.96. The number of β-amino-alcohol motifs (C(OH)–C–C–N with tert-alkyl or cyclic N) is 1. The molecule has 1 amide bonds. The zero-order valence-corrected chi connectivity index (χ0v) is 21.6. The Morgan fingerprint density at radius 2 is 1.85 bits per heavy atom. The van der Waals surface area contributed by atoms with Crippen molar-refractivity contribution in [3.05, 3.63) is 42.6 Å². The van der Waals surface area contributed by atoms with E-state index >= 15 is 8.78 Å². The standard InChI is InChI=1S/C26H28F2N6O5/c1-5-19(35)30-15-9-39-10-16(15)32-25-29-8-13-6-14(20-21(27)17(37-3)7-18(38-4)22(20)28)31-24(23(13)33-25)34-11-26(2,36)12-34/h5-8,15-16,36H,1,9-12H2,2-4H3,(H,30,35)(H,29,32,33)/t15-,16+/m0/s1. The van der Waals surface area contributed by atoms with Gasteiger partial charge in [-0.2, -0.15) is 0 Å². The Hall–Kier alpha value is -4.10. The summed E-state index contributed by atoms with van der Waals surface area (Å²) in [4.78, 5) is 27.1. The molecular weight excluding hydrogens is 514 g/mol. The lowest BCUT2D eigenvalue weighted by molar-refractivity contribution is -0.117. The van der Waals surface area contributed by atoms with Crippen LogP contribution in [0.4, 0.5) is 20.5 Å². The molecule has 0 aliphatic carbocycles. The molecule has 2 saturated heterocycles. The maximum atomic E-state index is 15.3. The number of nitrogens with one attached hydrogen (secondary N) is 2. The summed E-state index contributed by atoms with van der Waals surface area (Å²) in [6.07, 6.45) is 2.70. The zero-order chi connectivity index (χ0) is 27.9. The highest BCUT2D eigenvalue weighted by molar-refractivity contribution is 5.93. The quantitative estimate of drug-likeness (QED) is 0.364. The predicted molar refractivity (Wildman–Crippen MR) is 139 cm³/mol. The third-order valence-electron chi connectivity index (χ3n) is 6.65. The number of halogens is 2. The molecule has 2 aliphatic heterocycles. The fraction of sp³-hybridized carbons (Fsp3) is 0.385. The molecule has 2 atom stereocenters. The highest BCUT2D eigenvalue weighted by Gasteiger charge is 2.39. The van der Waals surface area contributed by atoms with Crippen LogP contribution in [0, 0.1) is 11.6 Å². The van der Waals surface area contributed by atoms with E-state index < -0.39 is 22.8 Å². The summed E-state index contributed by atoms with van der Waals surface area (Å²) in [5.41, 5.74) is -0.983. The molecule has 3 N–H and O–H groups in total. The molecule has 0 bridgehead atoms. The molecule has 5 rings (SSSR count). The Bertz CT molecular complexity index is 1420. The topological polar surface area (TPSA) is 131 Å². The molecule has 0 spiro atoms. The van der Waals surface area contributed by atoms with E-state index in [1.807, 2.05) is 0 Å². The summed E-state index contributed by atoms with van der Waals surface area (Å²) < 4.78 is 46.3. The van der Waals surface area contributed by atoms with E-state index in [4.69, 9.17) is 14.2 Å². The van der Waals surface area contributed by atoms with Crippen molar-refractivity contribution in [2.75, 3.05) is 50.7 Å². The number of rotatable bonds is 8. The van der Waals surface area contributed by atoms with Gasteiger partial charge in [0.05, 0.1) is 56.4 Å². The Labute approximate surface area is 222 Å². The molecular formula is C26H28F2N6O5. The van der Waals surface area contributed by atoms with Crippen molar-refractivity contribution in [2.24, 2.45) is 0 Å². The van der Waals surface area contributed by atoms with Crippen molar-refractivity contribution in [3.8, 4) is 22.8 Å². The lowest BCUT2D eigenvalue weighted by Crippen LogP contribution is -2.60. The van der Waals surface area contributed by atoms with Crippen LogP contribution in [0.3, 0.4) is 0 Å². The summed E-state index contributed by atoms with van der Waals surface area (Å²) in [7, 11) is 2.54. The van der Waals surface area contributed by atoms with E-state index in [9.17, 15) is 9.90 Å². The van der Waals surface area contributed by atoms with Crippen molar-refractivity contribution < 1.29 is 32.9 Å². The van der Waals surface area contributed by atoms with Gasteiger partial charge in [0.1, 0.15) is 5.52 Å². The maximum Gasteiger partial charge on any atom is 0.243 e. The fourth-order valence-electron chi connectivity index (χ4n) is 4.72. The minimum Gasteiger partial charge on any atom is -0.494 e. The maximum absolute atomic E-state index is 15.3. The number of carbonyl (C=O) groups excluding carboxylic acids is 1. The molecule has 0 radical (unpaired) electrons. The van der Waals surface area contributed by atoms with Crippen molar-refractivity contribution in [1.82, 2.24) is 20.3 Å². The highest BCUT2D eigenvalue weighted by atomic mass is 19.1. The average Bonchev–Trinajstić information content (AvgIpc) is 3.33. The monoisotopic (exact) mass is 542 g/mol. The molecule has 3 aromatic rings. The smallest absolute Gasteiger partial charge is 0.243 e. The van der Waals surface area contributed by atoms with Crippen LogP contribution in [0.25, 0.3) is 22.2 Å². The number of amides is 1. The molecule has 2 aliphatic rings. The van der Waals surface area contributed by atoms with Crippen LogP contribution in [0.5, 0.6) is 11.5 Å². The molecule has 0 saturated carbocycles. The van der Waals surface area contributed by atoms with Gasteiger partial charge in [0.25, 0.3) is 0 Å². The summed E-state index contributed by atoms with van der Waals surface area (Å²) in [5.74, 6) is -2.03. The second-order valence-corrected chi connectivity index (χ2v) is 9.71. The third-order valence-corrected chi connectivity index (χ3v) is 6.65. The molecule has 11 nitrogen and oxygen atoms in total. The van der Waals surface area contributed by atoms with E-state index in [1.54, 1.807) is 11.8 Å². The second kappa shape index (κ2) is 10.2. The predicted octanol–water partition coefficient (Wildman–Crippen LogP) is 2.04. The first-order valence-corrected chi connectivity index (χ1v) is 12.2. The van der Waals surface area contributed by atoms with E-state index in [-0.39, 0.29) is 54.2 Å². The number of methoxy groups -OCH3 is 2. The first-order valence-electron chi connectivity index (χ1n) is 12.2. The van der Waals surface area contributed by atoms with Crippen LogP contribution >= 0.6 is 0 Å². The van der Waals surface area contributed by atoms with Crippen LogP contribution in [0.1, 0.15) is 6.92 Å². The van der Waals surface area contributed by atoms with Gasteiger partial charge in [0.15, 0.2) is 29.0 Å². The molecule has 4 heterocycles. The number of carbonyl (C=O) groups is 1. The number of hydrogen-bond acceptors (Lipinski definition) is 10. The van der Waals surface area contributed by atoms with Crippen molar-refractivity contribution >= 4 is 28.6 Å². The average molecular weight is 543 g/mol. The van der Waals surface area contributed by atoms with E-state index in [1.165, 1.54) is 32.6 Å². The molecule has 13 heteroatoms. The highest BCUT2D eigenvalue weighted by Crippen LogP contribution is 2.40. The molecule has 39 heavy (non-hydrogen) atoms. The van der Waals surface area contributed by atoms with Crippen LogP contribution in [0.15, 0.2) is 31.0 Å². The van der Waals surface area contributed by atoms with Gasteiger partial charge in [-0.3, -0.25) is 4.79 Å². The van der Waals surface area contributed by atoms with Gasteiger partial charge in [-0.25, -0.2) is 23.7 Å². The van der Waals surface area contributed by atoms with Crippen molar-refractivity contribution in [1.29, 1.82) is 0 Å². The van der Waals surface area contributed by atoms with Crippen LogP contribution < -0.4 is 25.0 Å². The Kier molecular flexibility index (Phi) is 6.95. The Morgan fingerprint density at radius 3 is 2.46 bits per heavy atom. The summed E-state index contributed by atoms with van der Waals surface area (Å²) >= 11 is 0. The second-order valence-electron chi connectivity index (χ2n) is 9.71. The Balaban J connectivity index is 1.58. The van der Waals surface area contributed by atoms with Crippen LogP contribution in [0.2, 0.25) is 0 Å².